The molecule has 0 bridgehead atoms. The maximum absolute atomic E-state index is 12.2. The highest BCUT2D eigenvalue weighted by Gasteiger charge is 2.25. The minimum Gasteiger partial charge on any atom is -0.459 e. The highest BCUT2D eigenvalue weighted by Crippen LogP contribution is 2.25. The van der Waals surface area contributed by atoms with Gasteiger partial charge in [0.1, 0.15) is 0 Å². The molecule has 3 rings (SSSR count). The third kappa shape index (κ3) is 3.94. The molecule has 1 aromatic rings. The van der Waals surface area contributed by atoms with Crippen LogP contribution >= 0.6 is 0 Å². The lowest BCUT2D eigenvalue weighted by Crippen LogP contribution is -2.52. The van der Waals surface area contributed by atoms with Gasteiger partial charge in [-0.3, -0.25) is 4.79 Å². The summed E-state index contributed by atoms with van der Waals surface area (Å²) in [6, 6.07) is 3.27. The predicted octanol–water partition coefficient (Wildman–Crippen LogP) is 2.45. The first-order chi connectivity index (χ1) is 11.2. The van der Waals surface area contributed by atoms with Crippen molar-refractivity contribution in [3.63, 3.8) is 0 Å². The molecule has 0 aromatic carbocycles. The first-order valence-electron chi connectivity index (χ1n) is 8.29. The Bertz CT molecular complexity index is 554. The lowest BCUT2D eigenvalue weighted by molar-refractivity contribution is 0.0636. The van der Waals surface area contributed by atoms with Crippen LogP contribution in [0.5, 0.6) is 0 Å². The number of rotatable bonds is 3. The fourth-order valence-electron chi connectivity index (χ4n) is 3.17. The number of carbonyl (C=O) groups excluding carboxylic acids is 2. The average Bonchev–Trinajstić information content (AvgIpc) is 3.28. The number of amides is 3. The van der Waals surface area contributed by atoms with E-state index in [0.717, 1.165) is 0 Å². The third-order valence-corrected chi connectivity index (χ3v) is 4.56. The van der Waals surface area contributed by atoms with Gasteiger partial charge in [0.25, 0.3) is 5.91 Å². The van der Waals surface area contributed by atoms with Gasteiger partial charge in [-0.25, -0.2) is 4.79 Å². The summed E-state index contributed by atoms with van der Waals surface area (Å²) < 4.78 is 5.13. The van der Waals surface area contributed by atoms with E-state index < -0.39 is 0 Å². The van der Waals surface area contributed by atoms with E-state index in [9.17, 15) is 9.59 Å². The molecule has 1 saturated carbocycles. The maximum Gasteiger partial charge on any atom is 0.321 e. The molecule has 0 radical (unpaired) electrons. The highest BCUT2D eigenvalue weighted by atomic mass is 16.3. The molecule has 2 fully saturated rings. The molecule has 23 heavy (non-hydrogen) atoms. The summed E-state index contributed by atoms with van der Waals surface area (Å²) in [5.41, 5.74) is 0. The molecule has 1 saturated heterocycles. The second-order valence-corrected chi connectivity index (χ2v) is 6.11. The van der Waals surface area contributed by atoms with E-state index in [-0.39, 0.29) is 11.9 Å². The zero-order valence-electron chi connectivity index (χ0n) is 13.2. The second-order valence-electron chi connectivity index (χ2n) is 6.11. The molecule has 2 heterocycles. The van der Waals surface area contributed by atoms with E-state index in [0.29, 0.717) is 37.9 Å². The van der Waals surface area contributed by atoms with Crippen molar-refractivity contribution in [3.8, 4) is 0 Å². The monoisotopic (exact) mass is 317 g/mol. The number of piperazine rings is 1. The highest BCUT2D eigenvalue weighted by molar-refractivity contribution is 5.91. The van der Waals surface area contributed by atoms with Crippen LogP contribution < -0.4 is 5.32 Å². The largest absolute Gasteiger partial charge is 0.459 e. The van der Waals surface area contributed by atoms with E-state index in [4.69, 9.17) is 4.42 Å². The van der Waals surface area contributed by atoms with Crippen molar-refractivity contribution >= 4 is 11.9 Å². The number of carbonyl (C=O) groups is 2. The van der Waals surface area contributed by atoms with E-state index in [2.05, 4.69) is 11.4 Å². The zero-order chi connectivity index (χ0) is 16.1. The van der Waals surface area contributed by atoms with E-state index in [1.807, 2.05) is 0 Å². The van der Waals surface area contributed by atoms with E-state index >= 15 is 0 Å². The maximum atomic E-state index is 12.2. The number of nitrogens with one attached hydrogen (secondary N) is 1. The fraction of sp³-hybridized carbons (Fsp3) is 0.529. The minimum atomic E-state index is -0.115. The summed E-state index contributed by atoms with van der Waals surface area (Å²) in [6.45, 7) is 2.13. The zero-order valence-corrected chi connectivity index (χ0v) is 13.2. The number of hydrogen-bond acceptors (Lipinski definition) is 3. The smallest absolute Gasteiger partial charge is 0.321 e. The molecular weight excluding hydrogens is 294 g/mol. The van der Waals surface area contributed by atoms with Gasteiger partial charge in [0.05, 0.1) is 6.26 Å². The molecule has 0 unspecified atom stereocenters. The average molecular weight is 317 g/mol. The van der Waals surface area contributed by atoms with Crippen LogP contribution in [0, 0.1) is 5.92 Å². The molecule has 6 nitrogen and oxygen atoms in total. The number of urea groups is 1. The van der Waals surface area contributed by atoms with Crippen LogP contribution in [-0.4, -0.2) is 47.9 Å². The summed E-state index contributed by atoms with van der Waals surface area (Å²) in [5.74, 6) is 0.844. The number of hydrogen-bond donors (Lipinski definition) is 1. The van der Waals surface area contributed by atoms with Crippen molar-refractivity contribution in [1.29, 1.82) is 0 Å². The first-order valence-corrected chi connectivity index (χ1v) is 8.29. The molecule has 1 aliphatic heterocycles. The Morgan fingerprint density at radius 3 is 2.48 bits per heavy atom. The van der Waals surface area contributed by atoms with Gasteiger partial charge in [-0.2, -0.15) is 0 Å². The Balaban J connectivity index is 1.43. The Kier molecular flexibility index (Phi) is 5.00. The van der Waals surface area contributed by atoms with Gasteiger partial charge < -0.3 is 19.5 Å². The van der Waals surface area contributed by atoms with Gasteiger partial charge in [0.2, 0.25) is 0 Å². The second kappa shape index (κ2) is 7.35. The van der Waals surface area contributed by atoms with Crippen molar-refractivity contribution < 1.29 is 14.0 Å². The fourth-order valence-corrected chi connectivity index (χ4v) is 3.17. The van der Waals surface area contributed by atoms with Crippen LogP contribution in [0.4, 0.5) is 4.79 Å². The summed E-state index contributed by atoms with van der Waals surface area (Å²) in [7, 11) is 0. The van der Waals surface area contributed by atoms with Gasteiger partial charge in [0, 0.05) is 32.4 Å². The first kappa shape index (κ1) is 15.6. The molecule has 1 N–H and O–H groups in total. The van der Waals surface area contributed by atoms with Gasteiger partial charge in [0.15, 0.2) is 5.76 Å². The number of allylic oxidation sites excluding steroid dienone is 1. The minimum absolute atomic E-state index is 0.0932. The Morgan fingerprint density at radius 1 is 1.13 bits per heavy atom. The van der Waals surface area contributed by atoms with Crippen LogP contribution in [0.25, 0.3) is 0 Å². The van der Waals surface area contributed by atoms with Crippen molar-refractivity contribution in [3.05, 3.63) is 36.4 Å². The normalized spacial score (nSPS) is 19.5. The molecule has 124 valence electrons. The predicted molar refractivity (Wildman–Crippen MR) is 85.8 cm³/mol. The molecule has 0 spiro atoms. The quantitative estimate of drug-likeness (QED) is 0.931. The summed E-state index contributed by atoms with van der Waals surface area (Å²) in [5, 5.41) is 2.84. The van der Waals surface area contributed by atoms with Crippen LogP contribution in [0.15, 0.2) is 35.1 Å². The van der Waals surface area contributed by atoms with Crippen LogP contribution in [0.2, 0.25) is 0 Å². The Morgan fingerprint density at radius 2 is 1.83 bits per heavy atom. The molecule has 6 heteroatoms. The van der Waals surface area contributed by atoms with Crippen molar-refractivity contribution in [2.75, 3.05) is 26.2 Å². The molecule has 3 amide bonds. The Hall–Kier alpha value is -2.24. The topological polar surface area (TPSA) is 65.8 Å². The lowest BCUT2D eigenvalue weighted by atomic mass is 10.1. The van der Waals surface area contributed by atoms with Gasteiger partial charge >= 0.3 is 6.03 Å². The van der Waals surface area contributed by atoms with Crippen molar-refractivity contribution in [1.82, 2.24) is 15.1 Å². The molecule has 2 aliphatic rings. The molecular formula is C17H23N3O3. The summed E-state index contributed by atoms with van der Waals surface area (Å²) in [4.78, 5) is 27.7. The van der Waals surface area contributed by atoms with Crippen LogP contribution in [-0.2, 0) is 0 Å². The van der Waals surface area contributed by atoms with Gasteiger partial charge in [-0.15, -0.1) is 0 Å². The van der Waals surface area contributed by atoms with Crippen LogP contribution in [0.1, 0.15) is 36.2 Å². The van der Waals surface area contributed by atoms with Crippen LogP contribution in [0.3, 0.4) is 0 Å². The van der Waals surface area contributed by atoms with Gasteiger partial charge in [-0.1, -0.05) is 18.9 Å². The standard InChI is InChI=1S/C17H23N3O3/c21-16(15-6-3-13-23-15)19-9-11-20(12-10-19)17(22)18-8-7-14-4-1-2-5-14/h3,6-8,13-14H,1-2,4-5,9-12H2,(H,18,22)/b8-7+. The number of nitrogens with zero attached hydrogens (tertiary/aromatic N) is 2. The third-order valence-electron chi connectivity index (χ3n) is 4.56. The molecule has 1 aliphatic carbocycles. The SMILES string of the molecule is O=C(N/C=C/C1CCCC1)N1CCN(C(=O)c2ccco2)CC1. The summed E-state index contributed by atoms with van der Waals surface area (Å²) in [6.07, 6.45) is 10.4. The van der Waals surface area contributed by atoms with E-state index in [1.54, 1.807) is 28.1 Å². The van der Waals surface area contributed by atoms with Gasteiger partial charge in [-0.05, 0) is 30.9 Å². The number of furan rings is 1. The summed E-state index contributed by atoms with van der Waals surface area (Å²) >= 11 is 0. The lowest BCUT2D eigenvalue weighted by Gasteiger charge is -2.34. The van der Waals surface area contributed by atoms with Crippen molar-refractivity contribution in [2.45, 2.75) is 25.7 Å². The van der Waals surface area contributed by atoms with E-state index in [1.165, 1.54) is 31.9 Å². The molecule has 0 atom stereocenters. The molecule has 1 aromatic heterocycles. The van der Waals surface area contributed by atoms with Crippen molar-refractivity contribution in [2.24, 2.45) is 5.92 Å². The Labute approximate surface area is 136 Å².